The van der Waals surface area contributed by atoms with Crippen LogP contribution in [-0.4, -0.2) is 12.6 Å². The van der Waals surface area contributed by atoms with Crippen molar-refractivity contribution >= 4 is 0 Å². The number of hydrogen-bond acceptors (Lipinski definition) is 1. The SMILES string of the molecule is CCC(C)CCC1CN1. The molecule has 9 heavy (non-hydrogen) atoms. The van der Waals surface area contributed by atoms with Gasteiger partial charge in [0, 0.05) is 12.6 Å². The van der Waals surface area contributed by atoms with E-state index in [4.69, 9.17) is 0 Å². The molecule has 1 aliphatic rings. The van der Waals surface area contributed by atoms with Crippen LogP contribution in [0.2, 0.25) is 0 Å². The first-order valence-electron chi connectivity index (χ1n) is 4.06. The van der Waals surface area contributed by atoms with Crippen LogP contribution >= 0.6 is 0 Å². The van der Waals surface area contributed by atoms with Crippen molar-refractivity contribution in [2.45, 2.75) is 39.2 Å². The van der Waals surface area contributed by atoms with E-state index in [-0.39, 0.29) is 0 Å². The highest BCUT2D eigenvalue weighted by molar-refractivity contribution is 4.82. The third kappa shape index (κ3) is 2.85. The third-order valence-electron chi connectivity index (χ3n) is 2.20. The molecule has 0 aliphatic carbocycles. The molecule has 1 heteroatoms. The van der Waals surface area contributed by atoms with Crippen LogP contribution in [0.3, 0.4) is 0 Å². The Kier molecular flexibility index (Phi) is 2.52. The van der Waals surface area contributed by atoms with Crippen molar-refractivity contribution in [1.29, 1.82) is 0 Å². The van der Waals surface area contributed by atoms with E-state index in [1.54, 1.807) is 0 Å². The first-order valence-corrected chi connectivity index (χ1v) is 4.06. The Morgan fingerprint density at radius 1 is 1.67 bits per heavy atom. The molecule has 0 bridgehead atoms. The molecule has 1 heterocycles. The summed E-state index contributed by atoms with van der Waals surface area (Å²) >= 11 is 0. The summed E-state index contributed by atoms with van der Waals surface area (Å²) in [6.45, 7) is 5.88. The molecule has 0 amide bonds. The fourth-order valence-corrected chi connectivity index (χ4v) is 0.977. The molecule has 0 spiro atoms. The fourth-order valence-electron chi connectivity index (χ4n) is 0.977. The molecule has 2 unspecified atom stereocenters. The average molecular weight is 127 g/mol. The maximum Gasteiger partial charge on any atom is 0.0193 e. The van der Waals surface area contributed by atoms with Gasteiger partial charge in [0.25, 0.3) is 0 Å². The molecular weight excluding hydrogens is 110 g/mol. The van der Waals surface area contributed by atoms with Crippen LogP contribution in [0.4, 0.5) is 0 Å². The molecule has 1 saturated heterocycles. The fraction of sp³-hybridized carbons (Fsp3) is 1.00. The van der Waals surface area contributed by atoms with Crippen molar-refractivity contribution in [3.8, 4) is 0 Å². The lowest BCUT2D eigenvalue weighted by molar-refractivity contribution is 0.493. The highest BCUT2D eigenvalue weighted by atomic mass is 15.1. The largest absolute Gasteiger partial charge is 0.311 e. The predicted molar refractivity (Wildman–Crippen MR) is 40.5 cm³/mol. The van der Waals surface area contributed by atoms with Crippen LogP contribution in [0.25, 0.3) is 0 Å². The van der Waals surface area contributed by atoms with Crippen LogP contribution in [0.15, 0.2) is 0 Å². The number of nitrogens with one attached hydrogen (secondary N) is 1. The Bertz CT molecular complexity index is 76.6. The van der Waals surface area contributed by atoms with Gasteiger partial charge in [-0.25, -0.2) is 0 Å². The van der Waals surface area contributed by atoms with E-state index < -0.39 is 0 Å². The summed E-state index contributed by atoms with van der Waals surface area (Å²) < 4.78 is 0. The van der Waals surface area contributed by atoms with E-state index in [0.717, 1.165) is 12.0 Å². The summed E-state index contributed by atoms with van der Waals surface area (Å²) in [4.78, 5) is 0. The molecule has 0 aromatic rings. The minimum absolute atomic E-state index is 0.888. The van der Waals surface area contributed by atoms with Crippen LogP contribution in [0.5, 0.6) is 0 Å². The second-order valence-electron chi connectivity index (χ2n) is 3.20. The summed E-state index contributed by atoms with van der Waals surface area (Å²) in [5.41, 5.74) is 0. The number of hydrogen-bond donors (Lipinski definition) is 1. The van der Waals surface area contributed by atoms with Gasteiger partial charge in [-0.15, -0.1) is 0 Å². The second-order valence-corrected chi connectivity index (χ2v) is 3.20. The monoisotopic (exact) mass is 127 g/mol. The molecule has 1 nitrogen and oxygen atoms in total. The first kappa shape index (κ1) is 7.07. The molecule has 0 aromatic carbocycles. The van der Waals surface area contributed by atoms with Crippen LogP contribution < -0.4 is 5.32 Å². The van der Waals surface area contributed by atoms with Crippen molar-refractivity contribution in [2.24, 2.45) is 5.92 Å². The zero-order chi connectivity index (χ0) is 6.69. The van der Waals surface area contributed by atoms with Crippen molar-refractivity contribution in [1.82, 2.24) is 5.32 Å². The minimum Gasteiger partial charge on any atom is -0.311 e. The van der Waals surface area contributed by atoms with Crippen molar-refractivity contribution < 1.29 is 0 Å². The maximum atomic E-state index is 3.31. The zero-order valence-corrected chi connectivity index (χ0v) is 6.48. The van der Waals surface area contributed by atoms with Crippen LogP contribution in [0, 0.1) is 5.92 Å². The molecule has 0 saturated carbocycles. The summed E-state index contributed by atoms with van der Waals surface area (Å²) in [6, 6.07) is 0.888. The lowest BCUT2D eigenvalue weighted by atomic mass is 10.0. The first-order chi connectivity index (χ1) is 4.33. The van der Waals surface area contributed by atoms with Gasteiger partial charge in [0.2, 0.25) is 0 Å². The molecule has 1 rings (SSSR count). The van der Waals surface area contributed by atoms with E-state index >= 15 is 0 Å². The molecule has 1 fully saturated rings. The molecule has 1 aliphatic heterocycles. The molecule has 54 valence electrons. The summed E-state index contributed by atoms with van der Waals surface area (Å²) in [5.74, 6) is 0.937. The number of rotatable bonds is 4. The van der Waals surface area contributed by atoms with Gasteiger partial charge >= 0.3 is 0 Å². The summed E-state index contributed by atoms with van der Waals surface area (Å²) in [5, 5.41) is 3.31. The van der Waals surface area contributed by atoms with Gasteiger partial charge in [-0.1, -0.05) is 20.3 Å². The normalized spacial score (nSPS) is 28.0. The van der Waals surface area contributed by atoms with Crippen molar-refractivity contribution in [3.63, 3.8) is 0 Å². The molecule has 2 atom stereocenters. The quantitative estimate of drug-likeness (QED) is 0.571. The van der Waals surface area contributed by atoms with Gasteiger partial charge in [-0.2, -0.15) is 0 Å². The Morgan fingerprint density at radius 3 is 2.78 bits per heavy atom. The van der Waals surface area contributed by atoms with E-state index in [0.29, 0.717) is 0 Å². The minimum atomic E-state index is 0.888. The highest BCUT2D eigenvalue weighted by Gasteiger charge is 2.19. The van der Waals surface area contributed by atoms with Gasteiger partial charge in [0.1, 0.15) is 0 Å². The van der Waals surface area contributed by atoms with Crippen LogP contribution in [0.1, 0.15) is 33.1 Å². The highest BCUT2D eigenvalue weighted by Crippen LogP contribution is 2.14. The lowest BCUT2D eigenvalue weighted by Crippen LogP contribution is -1.97. The standard InChI is InChI=1S/C8H17N/c1-3-7(2)4-5-8-6-9-8/h7-9H,3-6H2,1-2H3. The third-order valence-corrected chi connectivity index (χ3v) is 2.20. The molecular formula is C8H17N. The molecule has 1 N–H and O–H groups in total. The smallest absolute Gasteiger partial charge is 0.0193 e. The van der Waals surface area contributed by atoms with Gasteiger partial charge in [0.05, 0.1) is 0 Å². The van der Waals surface area contributed by atoms with E-state index in [1.807, 2.05) is 0 Å². The topological polar surface area (TPSA) is 21.9 Å². The van der Waals surface area contributed by atoms with E-state index in [9.17, 15) is 0 Å². The Morgan fingerprint density at radius 2 is 2.33 bits per heavy atom. The summed E-state index contributed by atoms with van der Waals surface area (Å²) in [6.07, 6.45) is 4.15. The molecule has 0 aromatic heterocycles. The van der Waals surface area contributed by atoms with Crippen LogP contribution in [-0.2, 0) is 0 Å². The van der Waals surface area contributed by atoms with Crippen molar-refractivity contribution in [3.05, 3.63) is 0 Å². The second kappa shape index (κ2) is 3.21. The van der Waals surface area contributed by atoms with Gasteiger partial charge in [0.15, 0.2) is 0 Å². The van der Waals surface area contributed by atoms with E-state index in [1.165, 1.54) is 25.8 Å². The lowest BCUT2D eigenvalue weighted by Gasteiger charge is -2.04. The van der Waals surface area contributed by atoms with Gasteiger partial charge in [-0.05, 0) is 18.8 Å². The maximum absolute atomic E-state index is 3.31. The van der Waals surface area contributed by atoms with Crippen molar-refractivity contribution in [2.75, 3.05) is 6.54 Å². The Balaban J connectivity index is 1.90. The van der Waals surface area contributed by atoms with E-state index in [2.05, 4.69) is 19.2 Å². The van der Waals surface area contributed by atoms with Gasteiger partial charge in [-0.3, -0.25) is 0 Å². The zero-order valence-electron chi connectivity index (χ0n) is 6.48. The Labute approximate surface area is 57.8 Å². The summed E-state index contributed by atoms with van der Waals surface area (Å²) in [7, 11) is 0. The predicted octanol–water partition coefficient (Wildman–Crippen LogP) is 1.78. The Hall–Kier alpha value is -0.0400. The van der Waals surface area contributed by atoms with Gasteiger partial charge < -0.3 is 5.32 Å². The average Bonchev–Trinajstić information content (AvgIpc) is 2.65. The molecule has 0 radical (unpaired) electrons.